The quantitative estimate of drug-likeness (QED) is 0.877. The van der Waals surface area contributed by atoms with E-state index in [0.29, 0.717) is 5.02 Å². The van der Waals surface area contributed by atoms with E-state index in [1.54, 1.807) is 0 Å². The molecular formula is C14H17ClN4O. The Morgan fingerprint density at radius 2 is 2.00 bits per heavy atom. The van der Waals surface area contributed by atoms with Gasteiger partial charge in [-0.3, -0.25) is 10.7 Å². The Balaban J connectivity index is 1.68. The normalized spacial score (nSPS) is 17.5. The van der Waals surface area contributed by atoms with Gasteiger partial charge in [0.1, 0.15) is 5.69 Å². The smallest absolute Gasteiger partial charge is 0.151 e. The highest BCUT2D eigenvalue weighted by atomic mass is 35.5. The molecule has 20 heavy (non-hydrogen) atoms. The van der Waals surface area contributed by atoms with Gasteiger partial charge in [-0.2, -0.15) is 0 Å². The SMILES string of the molecule is NN1CCN(Cc2cc(-c3cccc(Cl)c3)no2)CC1. The molecule has 106 valence electrons. The van der Waals surface area contributed by atoms with Crippen LogP contribution < -0.4 is 5.84 Å². The van der Waals surface area contributed by atoms with E-state index in [9.17, 15) is 0 Å². The summed E-state index contributed by atoms with van der Waals surface area (Å²) >= 11 is 5.99. The summed E-state index contributed by atoms with van der Waals surface area (Å²) in [6.45, 7) is 4.43. The number of benzene rings is 1. The first-order valence-corrected chi connectivity index (χ1v) is 7.02. The van der Waals surface area contributed by atoms with Crippen LogP contribution in [-0.4, -0.2) is 41.2 Å². The monoisotopic (exact) mass is 292 g/mol. The predicted octanol–water partition coefficient (Wildman–Crippen LogP) is 1.99. The highest BCUT2D eigenvalue weighted by Gasteiger charge is 2.16. The summed E-state index contributed by atoms with van der Waals surface area (Å²) in [5.74, 6) is 6.61. The molecule has 1 aliphatic heterocycles. The van der Waals surface area contributed by atoms with Crippen molar-refractivity contribution < 1.29 is 4.52 Å². The second kappa shape index (κ2) is 5.93. The molecule has 0 unspecified atom stereocenters. The zero-order chi connectivity index (χ0) is 13.9. The van der Waals surface area contributed by atoms with E-state index in [-0.39, 0.29) is 0 Å². The van der Waals surface area contributed by atoms with Gasteiger partial charge in [0.2, 0.25) is 0 Å². The second-order valence-electron chi connectivity index (χ2n) is 5.00. The fourth-order valence-electron chi connectivity index (χ4n) is 2.31. The van der Waals surface area contributed by atoms with Crippen LogP contribution >= 0.6 is 11.6 Å². The van der Waals surface area contributed by atoms with Crippen LogP contribution in [0, 0.1) is 0 Å². The first-order valence-electron chi connectivity index (χ1n) is 6.64. The molecule has 2 heterocycles. The summed E-state index contributed by atoms with van der Waals surface area (Å²) in [6, 6.07) is 9.59. The van der Waals surface area contributed by atoms with Gasteiger partial charge in [0.25, 0.3) is 0 Å². The van der Waals surface area contributed by atoms with Gasteiger partial charge < -0.3 is 4.52 Å². The number of nitrogens with zero attached hydrogens (tertiary/aromatic N) is 3. The lowest BCUT2D eigenvalue weighted by Gasteiger charge is -2.30. The van der Waals surface area contributed by atoms with Crippen molar-refractivity contribution in [2.45, 2.75) is 6.54 Å². The fraction of sp³-hybridized carbons (Fsp3) is 0.357. The Kier molecular flexibility index (Phi) is 4.03. The van der Waals surface area contributed by atoms with Gasteiger partial charge in [-0.05, 0) is 12.1 Å². The van der Waals surface area contributed by atoms with Crippen LogP contribution in [0.15, 0.2) is 34.9 Å². The van der Waals surface area contributed by atoms with Crippen molar-refractivity contribution in [2.75, 3.05) is 26.2 Å². The van der Waals surface area contributed by atoms with Crippen LogP contribution in [0.2, 0.25) is 5.02 Å². The fourth-order valence-corrected chi connectivity index (χ4v) is 2.50. The zero-order valence-corrected chi connectivity index (χ0v) is 11.9. The standard InChI is InChI=1S/C14H17ClN4O/c15-12-3-1-2-11(8-12)14-9-13(20-17-14)10-18-4-6-19(16)7-5-18/h1-3,8-9H,4-7,10,16H2. The summed E-state index contributed by atoms with van der Waals surface area (Å²) < 4.78 is 5.41. The minimum atomic E-state index is 0.700. The van der Waals surface area contributed by atoms with Gasteiger partial charge in [0.15, 0.2) is 5.76 Å². The summed E-state index contributed by atoms with van der Waals surface area (Å²) in [7, 11) is 0. The van der Waals surface area contributed by atoms with E-state index in [4.69, 9.17) is 22.0 Å². The van der Waals surface area contributed by atoms with Crippen LogP contribution in [-0.2, 0) is 6.54 Å². The molecule has 5 nitrogen and oxygen atoms in total. The summed E-state index contributed by atoms with van der Waals surface area (Å²) in [4.78, 5) is 2.31. The Bertz CT molecular complexity index is 578. The van der Waals surface area contributed by atoms with Crippen molar-refractivity contribution in [2.24, 2.45) is 5.84 Å². The zero-order valence-electron chi connectivity index (χ0n) is 11.1. The van der Waals surface area contributed by atoms with E-state index in [0.717, 1.165) is 49.7 Å². The van der Waals surface area contributed by atoms with Crippen LogP contribution in [0.5, 0.6) is 0 Å². The molecule has 6 heteroatoms. The van der Waals surface area contributed by atoms with Gasteiger partial charge in [0, 0.05) is 42.8 Å². The first-order chi connectivity index (χ1) is 9.70. The van der Waals surface area contributed by atoms with E-state index in [2.05, 4.69) is 10.1 Å². The highest BCUT2D eigenvalue weighted by molar-refractivity contribution is 6.30. The number of nitrogens with two attached hydrogens (primary N) is 1. The van der Waals surface area contributed by atoms with Crippen molar-refractivity contribution in [3.05, 3.63) is 41.1 Å². The lowest BCUT2D eigenvalue weighted by molar-refractivity contribution is 0.119. The summed E-state index contributed by atoms with van der Waals surface area (Å²) in [6.07, 6.45) is 0. The van der Waals surface area contributed by atoms with Crippen molar-refractivity contribution in [3.63, 3.8) is 0 Å². The summed E-state index contributed by atoms with van der Waals surface area (Å²) in [5, 5.41) is 6.65. The molecule has 1 saturated heterocycles. The van der Waals surface area contributed by atoms with Crippen LogP contribution in [0.4, 0.5) is 0 Å². The molecule has 1 aromatic heterocycles. The molecule has 2 N–H and O–H groups in total. The average Bonchev–Trinajstić information content (AvgIpc) is 2.90. The van der Waals surface area contributed by atoms with Gasteiger partial charge in [0.05, 0.1) is 6.54 Å². The topological polar surface area (TPSA) is 58.5 Å². The van der Waals surface area contributed by atoms with Crippen LogP contribution in [0.25, 0.3) is 11.3 Å². The number of hydrazine groups is 1. The third-order valence-electron chi connectivity index (χ3n) is 3.47. The number of hydrogen-bond donors (Lipinski definition) is 1. The molecule has 0 saturated carbocycles. The van der Waals surface area contributed by atoms with Crippen LogP contribution in [0.1, 0.15) is 5.76 Å². The van der Waals surface area contributed by atoms with Gasteiger partial charge in [-0.25, -0.2) is 5.01 Å². The molecule has 0 aliphatic carbocycles. The number of aromatic nitrogens is 1. The minimum Gasteiger partial charge on any atom is -0.359 e. The third kappa shape index (κ3) is 3.19. The van der Waals surface area contributed by atoms with Crippen molar-refractivity contribution in [1.82, 2.24) is 15.1 Å². The Morgan fingerprint density at radius 1 is 1.20 bits per heavy atom. The maximum atomic E-state index is 5.99. The Hall–Kier alpha value is -1.40. The molecule has 1 aliphatic rings. The molecule has 2 aromatic rings. The van der Waals surface area contributed by atoms with Crippen LogP contribution in [0.3, 0.4) is 0 Å². The van der Waals surface area contributed by atoms with E-state index < -0.39 is 0 Å². The molecule has 0 bridgehead atoms. The Morgan fingerprint density at radius 3 is 2.75 bits per heavy atom. The highest BCUT2D eigenvalue weighted by Crippen LogP contribution is 2.23. The molecule has 0 spiro atoms. The minimum absolute atomic E-state index is 0.700. The van der Waals surface area contributed by atoms with Gasteiger partial charge >= 0.3 is 0 Å². The number of hydrogen-bond acceptors (Lipinski definition) is 5. The second-order valence-corrected chi connectivity index (χ2v) is 5.44. The molecular weight excluding hydrogens is 276 g/mol. The van der Waals surface area contributed by atoms with E-state index in [1.165, 1.54) is 0 Å². The van der Waals surface area contributed by atoms with E-state index >= 15 is 0 Å². The molecule has 3 rings (SSSR count). The lowest BCUT2D eigenvalue weighted by atomic mass is 10.1. The third-order valence-corrected chi connectivity index (χ3v) is 3.70. The Labute approximate surface area is 122 Å². The number of piperazine rings is 1. The summed E-state index contributed by atoms with van der Waals surface area (Å²) in [5.41, 5.74) is 1.79. The first kappa shape index (κ1) is 13.6. The lowest BCUT2D eigenvalue weighted by Crippen LogP contribution is -2.48. The molecule has 1 aromatic carbocycles. The molecule has 0 atom stereocenters. The molecule has 0 amide bonds. The van der Waals surface area contributed by atoms with Crippen molar-refractivity contribution >= 4 is 11.6 Å². The number of rotatable bonds is 3. The predicted molar refractivity (Wildman–Crippen MR) is 78.0 cm³/mol. The average molecular weight is 293 g/mol. The van der Waals surface area contributed by atoms with E-state index in [1.807, 2.05) is 35.3 Å². The van der Waals surface area contributed by atoms with Crippen molar-refractivity contribution in [3.8, 4) is 11.3 Å². The molecule has 1 fully saturated rings. The maximum absolute atomic E-state index is 5.99. The van der Waals surface area contributed by atoms with Gasteiger partial charge in [-0.15, -0.1) is 0 Å². The van der Waals surface area contributed by atoms with Gasteiger partial charge in [-0.1, -0.05) is 28.9 Å². The number of halogens is 1. The maximum Gasteiger partial charge on any atom is 0.151 e. The van der Waals surface area contributed by atoms with Crippen molar-refractivity contribution in [1.29, 1.82) is 0 Å². The largest absolute Gasteiger partial charge is 0.359 e. The molecule has 0 radical (unpaired) electrons.